The molecule has 1 aromatic heterocycles. The van der Waals surface area contributed by atoms with E-state index in [1.165, 1.54) is 35.8 Å². The number of carbonyl (C=O) groups is 2. The van der Waals surface area contributed by atoms with Gasteiger partial charge in [-0.3, -0.25) is 9.59 Å². The van der Waals surface area contributed by atoms with Crippen molar-refractivity contribution in [2.24, 2.45) is 0 Å². The number of likely N-dealkylation sites (N-methyl/N-ethyl adjacent to an activating group) is 1. The van der Waals surface area contributed by atoms with Gasteiger partial charge in [-0.1, -0.05) is 29.4 Å². The smallest absolute Gasteiger partial charge is 0.306 e. The van der Waals surface area contributed by atoms with Crippen molar-refractivity contribution in [3.63, 3.8) is 0 Å². The van der Waals surface area contributed by atoms with Crippen LogP contribution in [0.1, 0.15) is 28.9 Å². The summed E-state index contributed by atoms with van der Waals surface area (Å²) in [6.07, 6.45) is 2.44. The molecule has 0 aliphatic carbocycles. The molecular formula is C20H23ClFN3O3S. The number of amides is 1. The molecule has 0 fully saturated rings. The first-order valence-electron chi connectivity index (χ1n) is 8.93. The summed E-state index contributed by atoms with van der Waals surface area (Å²) >= 11 is 7.43. The van der Waals surface area contributed by atoms with Crippen molar-refractivity contribution in [2.75, 3.05) is 19.9 Å². The zero-order valence-corrected chi connectivity index (χ0v) is 18.4. The maximum absolute atomic E-state index is 13.8. The van der Waals surface area contributed by atoms with Gasteiger partial charge in [-0.05, 0) is 44.2 Å². The van der Waals surface area contributed by atoms with E-state index < -0.39 is 24.3 Å². The lowest BCUT2D eigenvalue weighted by molar-refractivity contribution is -0.151. The molecule has 6 nitrogen and oxygen atoms in total. The number of aromatic nitrogens is 2. The molecule has 0 saturated heterocycles. The van der Waals surface area contributed by atoms with Crippen LogP contribution in [0.2, 0.25) is 5.02 Å². The Balaban J connectivity index is 1.85. The number of rotatable bonds is 8. The molecule has 0 spiro atoms. The van der Waals surface area contributed by atoms with E-state index in [0.29, 0.717) is 11.6 Å². The van der Waals surface area contributed by atoms with Crippen LogP contribution < -0.4 is 0 Å². The summed E-state index contributed by atoms with van der Waals surface area (Å²) in [6, 6.07) is 4.32. The maximum atomic E-state index is 13.8. The lowest BCUT2D eigenvalue weighted by Gasteiger charge is -2.18. The molecule has 9 heteroatoms. The van der Waals surface area contributed by atoms with Crippen LogP contribution in [0.15, 0.2) is 23.4 Å². The summed E-state index contributed by atoms with van der Waals surface area (Å²) in [6.45, 7) is 3.32. The third-order valence-corrected chi connectivity index (χ3v) is 5.30. The van der Waals surface area contributed by atoms with Crippen LogP contribution in [0, 0.1) is 19.7 Å². The van der Waals surface area contributed by atoms with E-state index in [1.807, 2.05) is 20.1 Å². The van der Waals surface area contributed by atoms with Crippen molar-refractivity contribution >= 4 is 35.2 Å². The lowest BCUT2D eigenvalue weighted by Crippen LogP contribution is -2.31. The van der Waals surface area contributed by atoms with Gasteiger partial charge in [0.2, 0.25) is 0 Å². The molecule has 0 N–H and O–H groups in total. The number of nitrogens with zero attached hydrogens (tertiary/aromatic N) is 3. The molecule has 1 heterocycles. The van der Waals surface area contributed by atoms with Crippen LogP contribution in [0.4, 0.5) is 4.39 Å². The minimum atomic E-state index is -0.497. The Morgan fingerprint density at radius 3 is 2.45 bits per heavy atom. The van der Waals surface area contributed by atoms with E-state index in [-0.39, 0.29) is 23.6 Å². The normalized spacial score (nSPS) is 10.7. The van der Waals surface area contributed by atoms with Gasteiger partial charge in [0.1, 0.15) is 5.82 Å². The van der Waals surface area contributed by atoms with Crippen LogP contribution in [0.5, 0.6) is 0 Å². The summed E-state index contributed by atoms with van der Waals surface area (Å²) in [7, 11) is 1.50. The van der Waals surface area contributed by atoms with Gasteiger partial charge in [-0.25, -0.2) is 14.4 Å². The molecule has 0 aliphatic rings. The van der Waals surface area contributed by atoms with Gasteiger partial charge in [0.25, 0.3) is 5.91 Å². The molecule has 2 rings (SSSR count). The van der Waals surface area contributed by atoms with E-state index in [9.17, 15) is 14.0 Å². The van der Waals surface area contributed by atoms with Gasteiger partial charge in [0, 0.05) is 42.0 Å². The van der Waals surface area contributed by atoms with E-state index >= 15 is 0 Å². The minimum absolute atomic E-state index is 0.0145. The number of esters is 1. The number of carbonyl (C=O) groups excluding carboxylic acids is 2. The minimum Gasteiger partial charge on any atom is -0.456 e. The highest BCUT2D eigenvalue weighted by atomic mass is 35.5. The molecule has 1 amide bonds. The van der Waals surface area contributed by atoms with Crippen molar-refractivity contribution in [2.45, 2.75) is 38.4 Å². The summed E-state index contributed by atoms with van der Waals surface area (Å²) < 4.78 is 18.9. The molecule has 0 saturated carbocycles. The molecule has 156 valence electrons. The van der Waals surface area contributed by atoms with Crippen LogP contribution >= 0.6 is 23.4 Å². The number of aryl methyl sites for hydroxylation is 2. The maximum Gasteiger partial charge on any atom is 0.306 e. The van der Waals surface area contributed by atoms with E-state index in [2.05, 4.69) is 9.97 Å². The number of benzene rings is 1. The van der Waals surface area contributed by atoms with Gasteiger partial charge in [0.05, 0.1) is 0 Å². The van der Waals surface area contributed by atoms with Crippen molar-refractivity contribution in [3.05, 3.63) is 51.6 Å². The number of hydrogen-bond acceptors (Lipinski definition) is 6. The van der Waals surface area contributed by atoms with Gasteiger partial charge < -0.3 is 9.64 Å². The van der Waals surface area contributed by atoms with Crippen LogP contribution in [0.3, 0.4) is 0 Å². The Bertz CT molecular complexity index is 867. The van der Waals surface area contributed by atoms with Crippen molar-refractivity contribution in [3.8, 4) is 0 Å². The fraction of sp³-hybridized carbons (Fsp3) is 0.400. The van der Waals surface area contributed by atoms with Gasteiger partial charge in [-0.15, -0.1) is 0 Å². The van der Waals surface area contributed by atoms with Gasteiger partial charge >= 0.3 is 5.97 Å². The Kier molecular flexibility index (Phi) is 8.40. The first-order valence-corrected chi connectivity index (χ1v) is 10.5. The average Bonchev–Trinajstić information content (AvgIpc) is 2.67. The molecule has 0 atom stereocenters. The quantitative estimate of drug-likeness (QED) is 0.354. The van der Waals surface area contributed by atoms with E-state index in [0.717, 1.165) is 17.0 Å². The third kappa shape index (κ3) is 6.40. The van der Waals surface area contributed by atoms with Crippen molar-refractivity contribution < 1.29 is 18.7 Å². The topological polar surface area (TPSA) is 72.4 Å². The molecule has 29 heavy (non-hydrogen) atoms. The van der Waals surface area contributed by atoms with Crippen LogP contribution in [0.25, 0.3) is 0 Å². The number of thioether (sulfide) groups is 1. The van der Waals surface area contributed by atoms with Crippen LogP contribution in [-0.4, -0.2) is 46.7 Å². The highest BCUT2D eigenvalue weighted by Gasteiger charge is 2.17. The molecule has 0 radical (unpaired) electrons. The lowest BCUT2D eigenvalue weighted by atomic mass is 10.1. The van der Waals surface area contributed by atoms with Gasteiger partial charge in [-0.2, -0.15) is 0 Å². The fourth-order valence-electron chi connectivity index (χ4n) is 2.72. The summed E-state index contributed by atoms with van der Waals surface area (Å²) in [5.74, 6) is -1.43. The number of halogens is 2. The van der Waals surface area contributed by atoms with E-state index in [1.54, 1.807) is 6.07 Å². The van der Waals surface area contributed by atoms with Crippen molar-refractivity contribution in [1.82, 2.24) is 14.9 Å². The largest absolute Gasteiger partial charge is 0.456 e. The summed E-state index contributed by atoms with van der Waals surface area (Å²) in [5.41, 5.74) is 2.77. The summed E-state index contributed by atoms with van der Waals surface area (Å²) in [4.78, 5) is 34.2. The number of hydrogen-bond donors (Lipinski definition) is 0. The zero-order chi connectivity index (χ0) is 21.6. The second-order valence-electron chi connectivity index (χ2n) is 6.47. The standard InChI is InChI=1S/C20H23ClFN3O3S/c1-12-14(13(2)24-20(23-12)29-4)8-9-19(27)28-11-18(26)25(3)10-15-16(21)6-5-7-17(15)22/h5-7H,8-11H2,1-4H3. The molecule has 2 aromatic rings. The molecule has 1 aromatic carbocycles. The monoisotopic (exact) mass is 439 g/mol. The third-order valence-electron chi connectivity index (χ3n) is 4.40. The molecule has 0 aliphatic heterocycles. The Morgan fingerprint density at radius 1 is 1.21 bits per heavy atom. The van der Waals surface area contributed by atoms with Gasteiger partial charge in [0.15, 0.2) is 11.8 Å². The molecular weight excluding hydrogens is 417 g/mol. The average molecular weight is 440 g/mol. The Morgan fingerprint density at radius 2 is 1.86 bits per heavy atom. The van der Waals surface area contributed by atoms with Crippen molar-refractivity contribution in [1.29, 1.82) is 0 Å². The Labute approximate surface area is 178 Å². The highest BCUT2D eigenvalue weighted by Crippen LogP contribution is 2.20. The fourth-order valence-corrected chi connectivity index (χ4v) is 3.40. The molecule has 0 bridgehead atoms. The predicted molar refractivity (Wildman–Crippen MR) is 110 cm³/mol. The van der Waals surface area contributed by atoms with E-state index in [4.69, 9.17) is 16.3 Å². The summed E-state index contributed by atoms with van der Waals surface area (Å²) in [5, 5.41) is 0.928. The first kappa shape index (κ1) is 23.1. The Hall–Kier alpha value is -2.19. The number of ether oxygens (including phenoxy) is 1. The molecule has 0 unspecified atom stereocenters. The van der Waals surface area contributed by atoms with Crippen LogP contribution in [-0.2, 0) is 27.3 Å². The second kappa shape index (κ2) is 10.5. The zero-order valence-electron chi connectivity index (χ0n) is 16.8. The first-order chi connectivity index (χ1) is 13.7. The highest BCUT2D eigenvalue weighted by molar-refractivity contribution is 7.98. The predicted octanol–water partition coefficient (Wildman–Crippen LogP) is 3.74. The SMILES string of the molecule is CSc1nc(C)c(CCC(=O)OCC(=O)N(C)Cc2c(F)cccc2Cl)c(C)n1. The second-order valence-corrected chi connectivity index (χ2v) is 7.65.